The van der Waals surface area contributed by atoms with Gasteiger partial charge in [0.05, 0.1) is 19.7 Å². The van der Waals surface area contributed by atoms with Crippen molar-refractivity contribution in [2.24, 2.45) is 0 Å². The molecule has 2 heterocycles. The Bertz CT molecular complexity index is 553. The van der Waals surface area contributed by atoms with Crippen LogP contribution in [0.4, 0.5) is 0 Å². The van der Waals surface area contributed by atoms with E-state index in [0.717, 1.165) is 39.0 Å². The van der Waals surface area contributed by atoms with E-state index in [1.807, 2.05) is 20.8 Å². The van der Waals surface area contributed by atoms with Crippen LogP contribution < -0.4 is 5.32 Å². The summed E-state index contributed by atoms with van der Waals surface area (Å²) in [6, 6.07) is -0.441. The molecule has 0 aromatic rings. The second kappa shape index (κ2) is 10.2. The molecular weight excluding hydrogens is 360 g/mol. The molecule has 0 spiro atoms. The lowest BCUT2D eigenvalue weighted by Crippen LogP contribution is -2.55. The number of carbonyl (C=O) groups is 3. The van der Waals surface area contributed by atoms with E-state index in [9.17, 15) is 14.4 Å². The fraction of sp³-hybridized carbons (Fsp3) is 0.850. The van der Waals surface area contributed by atoms with Crippen molar-refractivity contribution in [1.82, 2.24) is 20.0 Å². The molecular formula is C20H36N4O4. The first kappa shape index (κ1) is 22.6. The Hall–Kier alpha value is -1.67. The SMILES string of the molecule is CCOC(=O)C1CCCCN1C(=O)CN1CCN(CC(=O)NC(C)(C)C)CC1. The molecule has 0 saturated carbocycles. The van der Waals surface area contributed by atoms with Gasteiger partial charge in [0.15, 0.2) is 0 Å². The minimum Gasteiger partial charge on any atom is -0.464 e. The highest BCUT2D eigenvalue weighted by atomic mass is 16.5. The zero-order valence-corrected chi connectivity index (χ0v) is 17.8. The average Bonchev–Trinajstić information content (AvgIpc) is 2.62. The van der Waals surface area contributed by atoms with Gasteiger partial charge in [-0.05, 0) is 47.0 Å². The maximum absolute atomic E-state index is 12.8. The first-order valence-corrected chi connectivity index (χ1v) is 10.4. The number of amides is 2. The van der Waals surface area contributed by atoms with E-state index in [1.165, 1.54) is 0 Å². The largest absolute Gasteiger partial charge is 0.464 e. The normalized spacial score (nSPS) is 22.0. The maximum Gasteiger partial charge on any atom is 0.328 e. The lowest BCUT2D eigenvalue weighted by atomic mass is 10.0. The zero-order chi connectivity index (χ0) is 20.7. The van der Waals surface area contributed by atoms with Gasteiger partial charge in [-0.2, -0.15) is 0 Å². The third-order valence-electron chi connectivity index (χ3n) is 5.09. The number of piperazine rings is 1. The van der Waals surface area contributed by atoms with Crippen molar-refractivity contribution in [2.75, 3.05) is 52.4 Å². The van der Waals surface area contributed by atoms with Gasteiger partial charge >= 0.3 is 5.97 Å². The predicted octanol–water partition coefficient (Wildman–Crippen LogP) is 0.463. The van der Waals surface area contributed by atoms with Crippen LogP contribution in [0.5, 0.6) is 0 Å². The summed E-state index contributed by atoms with van der Waals surface area (Å²) in [4.78, 5) is 43.0. The molecule has 8 nitrogen and oxygen atoms in total. The standard InChI is InChI=1S/C20H36N4O4/c1-5-28-19(27)16-8-6-7-9-24(16)18(26)15-23-12-10-22(11-13-23)14-17(25)21-20(2,3)4/h16H,5-15H2,1-4H3,(H,21,25). The lowest BCUT2D eigenvalue weighted by Gasteiger charge is -2.38. The van der Waals surface area contributed by atoms with E-state index >= 15 is 0 Å². The number of ether oxygens (including phenoxy) is 1. The highest BCUT2D eigenvalue weighted by Crippen LogP contribution is 2.19. The molecule has 2 amide bonds. The van der Waals surface area contributed by atoms with Crippen LogP contribution in [0.1, 0.15) is 47.0 Å². The van der Waals surface area contributed by atoms with Gasteiger partial charge in [-0.25, -0.2) is 4.79 Å². The number of nitrogens with zero attached hydrogens (tertiary/aromatic N) is 3. The minimum absolute atomic E-state index is 0.00308. The van der Waals surface area contributed by atoms with Crippen molar-refractivity contribution in [1.29, 1.82) is 0 Å². The van der Waals surface area contributed by atoms with Crippen molar-refractivity contribution >= 4 is 17.8 Å². The summed E-state index contributed by atoms with van der Waals surface area (Å²) in [7, 11) is 0. The number of nitrogens with one attached hydrogen (secondary N) is 1. The number of rotatable bonds is 6. The van der Waals surface area contributed by atoms with Crippen LogP contribution in [0.25, 0.3) is 0 Å². The summed E-state index contributed by atoms with van der Waals surface area (Å²) in [6.07, 6.45) is 2.56. The van der Waals surface area contributed by atoms with E-state index in [1.54, 1.807) is 11.8 Å². The van der Waals surface area contributed by atoms with Crippen molar-refractivity contribution < 1.29 is 19.1 Å². The Morgan fingerprint density at radius 3 is 2.14 bits per heavy atom. The molecule has 2 saturated heterocycles. The topological polar surface area (TPSA) is 82.2 Å². The molecule has 1 atom stereocenters. The minimum atomic E-state index is -0.441. The average molecular weight is 397 g/mol. The van der Waals surface area contributed by atoms with Crippen molar-refractivity contribution in [3.05, 3.63) is 0 Å². The summed E-state index contributed by atoms with van der Waals surface area (Å²) in [5.41, 5.74) is -0.227. The summed E-state index contributed by atoms with van der Waals surface area (Å²) < 4.78 is 5.15. The number of hydrogen-bond acceptors (Lipinski definition) is 6. The van der Waals surface area contributed by atoms with Crippen molar-refractivity contribution in [3.63, 3.8) is 0 Å². The number of likely N-dealkylation sites (tertiary alicyclic amines) is 1. The van der Waals surface area contributed by atoms with E-state index in [0.29, 0.717) is 32.7 Å². The predicted molar refractivity (Wildman–Crippen MR) is 107 cm³/mol. The first-order chi connectivity index (χ1) is 13.2. The van der Waals surface area contributed by atoms with Gasteiger partial charge < -0.3 is 15.0 Å². The second-order valence-electron chi connectivity index (χ2n) is 8.70. The van der Waals surface area contributed by atoms with E-state index in [2.05, 4.69) is 15.1 Å². The molecule has 0 aliphatic carbocycles. The molecule has 0 aromatic heterocycles. The molecule has 0 bridgehead atoms. The van der Waals surface area contributed by atoms with Crippen molar-refractivity contribution in [3.8, 4) is 0 Å². The number of hydrogen-bond donors (Lipinski definition) is 1. The molecule has 8 heteroatoms. The molecule has 2 rings (SSSR count). The molecule has 1 N–H and O–H groups in total. The maximum atomic E-state index is 12.8. The summed E-state index contributed by atoms with van der Waals surface area (Å²) in [5, 5.41) is 2.98. The van der Waals surface area contributed by atoms with Gasteiger partial charge in [0, 0.05) is 38.3 Å². The van der Waals surface area contributed by atoms with E-state index in [4.69, 9.17) is 4.74 Å². The Balaban J connectivity index is 1.79. The van der Waals surface area contributed by atoms with Crippen LogP contribution in [0.2, 0.25) is 0 Å². The fourth-order valence-corrected chi connectivity index (χ4v) is 3.76. The van der Waals surface area contributed by atoms with Crippen LogP contribution in [-0.2, 0) is 19.1 Å². The quantitative estimate of drug-likeness (QED) is 0.657. The van der Waals surface area contributed by atoms with Gasteiger partial charge in [0.2, 0.25) is 11.8 Å². The molecule has 2 aliphatic rings. The van der Waals surface area contributed by atoms with Crippen LogP contribution >= 0.6 is 0 Å². The summed E-state index contributed by atoms with van der Waals surface area (Å²) >= 11 is 0. The second-order valence-corrected chi connectivity index (χ2v) is 8.70. The summed E-state index contributed by atoms with van der Waals surface area (Å²) in [5.74, 6) is -0.260. The Morgan fingerprint density at radius 1 is 0.964 bits per heavy atom. The molecule has 28 heavy (non-hydrogen) atoms. The third-order valence-corrected chi connectivity index (χ3v) is 5.09. The fourth-order valence-electron chi connectivity index (χ4n) is 3.76. The van der Waals surface area contributed by atoms with E-state index < -0.39 is 6.04 Å². The Morgan fingerprint density at radius 2 is 1.57 bits per heavy atom. The molecule has 160 valence electrons. The highest BCUT2D eigenvalue weighted by molar-refractivity contribution is 5.86. The van der Waals surface area contributed by atoms with Gasteiger partial charge in [0.25, 0.3) is 0 Å². The number of piperidine rings is 1. The van der Waals surface area contributed by atoms with Gasteiger partial charge in [0.1, 0.15) is 6.04 Å². The Kier molecular flexibility index (Phi) is 8.24. The molecule has 0 radical (unpaired) electrons. The molecule has 0 aromatic carbocycles. The monoisotopic (exact) mass is 396 g/mol. The third kappa shape index (κ3) is 7.05. The molecule has 2 aliphatic heterocycles. The highest BCUT2D eigenvalue weighted by Gasteiger charge is 2.34. The number of carbonyl (C=O) groups excluding carboxylic acids is 3. The van der Waals surface area contributed by atoms with Gasteiger partial charge in [-0.15, -0.1) is 0 Å². The van der Waals surface area contributed by atoms with Gasteiger partial charge in [-0.3, -0.25) is 19.4 Å². The van der Waals surface area contributed by atoms with Gasteiger partial charge in [-0.1, -0.05) is 0 Å². The van der Waals surface area contributed by atoms with Crippen LogP contribution in [0.3, 0.4) is 0 Å². The smallest absolute Gasteiger partial charge is 0.328 e. The molecule has 1 unspecified atom stereocenters. The van der Waals surface area contributed by atoms with Crippen molar-refractivity contribution in [2.45, 2.75) is 58.5 Å². The van der Waals surface area contributed by atoms with Crippen LogP contribution in [0.15, 0.2) is 0 Å². The zero-order valence-electron chi connectivity index (χ0n) is 17.8. The molecule has 2 fully saturated rings. The summed E-state index contributed by atoms with van der Waals surface area (Å²) in [6.45, 7) is 12.4. The Labute approximate surface area is 168 Å². The number of esters is 1. The lowest BCUT2D eigenvalue weighted by molar-refractivity contribution is -0.157. The van der Waals surface area contributed by atoms with Crippen LogP contribution in [-0.4, -0.2) is 96.5 Å². The van der Waals surface area contributed by atoms with E-state index in [-0.39, 0.29) is 23.3 Å². The first-order valence-electron chi connectivity index (χ1n) is 10.4. The van der Waals surface area contributed by atoms with Crippen LogP contribution in [0, 0.1) is 0 Å².